The van der Waals surface area contributed by atoms with Crippen molar-refractivity contribution < 1.29 is 14.5 Å². The topological polar surface area (TPSA) is 106 Å². The van der Waals surface area contributed by atoms with Crippen LogP contribution in [0.25, 0.3) is 0 Å². The lowest BCUT2D eigenvalue weighted by molar-refractivity contribution is -0.384. The van der Waals surface area contributed by atoms with Crippen molar-refractivity contribution >= 4 is 57.7 Å². The maximum atomic E-state index is 12.9. The number of nitro benzene ring substituents is 1. The summed E-state index contributed by atoms with van der Waals surface area (Å²) in [5, 5.41) is 20.2. The van der Waals surface area contributed by atoms with Crippen LogP contribution in [0.5, 0.6) is 5.75 Å². The number of amides is 1. The van der Waals surface area contributed by atoms with Crippen LogP contribution >= 0.6 is 24.0 Å². The Balaban J connectivity index is 1.64. The van der Waals surface area contributed by atoms with Gasteiger partial charge in [-0.05, 0) is 67.5 Å². The molecule has 0 aliphatic rings. The van der Waals surface area contributed by atoms with Gasteiger partial charge in [0.15, 0.2) is 5.11 Å². The van der Waals surface area contributed by atoms with Crippen LogP contribution in [0.2, 0.25) is 0 Å². The van der Waals surface area contributed by atoms with Crippen molar-refractivity contribution in [2.24, 2.45) is 0 Å². The number of nitrogens with one attached hydrogen (secondary N) is 3. The van der Waals surface area contributed by atoms with Crippen LogP contribution in [0.4, 0.5) is 22.7 Å². The highest BCUT2D eigenvalue weighted by atomic mass is 32.2. The minimum absolute atomic E-state index is 0.00987. The van der Waals surface area contributed by atoms with Crippen LogP contribution in [0, 0.1) is 17.0 Å². The molecule has 1 unspecified atom stereocenters. The molecule has 3 aromatic carbocycles. The average Bonchev–Trinajstić information content (AvgIpc) is 2.84. The number of anilines is 3. The standard InChI is InChI=1S/C25H26N4O4S2/c1-4-23(24(30)27-20-13-12-18(29(31)32)14-16(20)2)35-19-9-7-8-17(15-19)26-25(34)28-21-10-5-6-11-22(21)33-3/h5-15,23H,4H2,1-3H3,(H,27,30)(H2,26,28,34). The highest BCUT2D eigenvalue weighted by Gasteiger charge is 2.20. The molecule has 1 amide bonds. The van der Waals surface area contributed by atoms with Crippen molar-refractivity contribution in [1.29, 1.82) is 0 Å². The average molecular weight is 511 g/mol. The van der Waals surface area contributed by atoms with Crippen LogP contribution in [0.15, 0.2) is 71.6 Å². The van der Waals surface area contributed by atoms with Crippen molar-refractivity contribution in [3.8, 4) is 5.75 Å². The van der Waals surface area contributed by atoms with Gasteiger partial charge in [-0.3, -0.25) is 14.9 Å². The lowest BCUT2D eigenvalue weighted by Gasteiger charge is -2.17. The number of rotatable bonds is 9. The first kappa shape index (κ1) is 26.0. The highest BCUT2D eigenvalue weighted by Crippen LogP contribution is 2.30. The molecule has 0 radical (unpaired) electrons. The van der Waals surface area contributed by atoms with Gasteiger partial charge in [-0.25, -0.2) is 0 Å². The number of non-ortho nitro benzene ring substituents is 1. The fourth-order valence-electron chi connectivity index (χ4n) is 3.28. The van der Waals surface area contributed by atoms with E-state index in [4.69, 9.17) is 17.0 Å². The van der Waals surface area contributed by atoms with E-state index in [0.29, 0.717) is 28.5 Å². The lowest BCUT2D eigenvalue weighted by Crippen LogP contribution is -2.25. The highest BCUT2D eigenvalue weighted by molar-refractivity contribution is 8.00. The minimum atomic E-state index is -0.456. The number of para-hydroxylation sites is 2. The van der Waals surface area contributed by atoms with Crippen LogP contribution in [0.3, 0.4) is 0 Å². The number of thioether (sulfide) groups is 1. The minimum Gasteiger partial charge on any atom is -0.495 e. The number of hydrogen-bond acceptors (Lipinski definition) is 6. The monoisotopic (exact) mass is 510 g/mol. The quantitative estimate of drug-likeness (QED) is 0.135. The van der Waals surface area contributed by atoms with E-state index in [-0.39, 0.29) is 16.8 Å². The fraction of sp³-hybridized carbons (Fsp3) is 0.200. The van der Waals surface area contributed by atoms with Gasteiger partial charge in [0.1, 0.15) is 5.75 Å². The number of methoxy groups -OCH3 is 1. The SMILES string of the molecule is CCC(Sc1cccc(NC(=S)Nc2ccccc2OC)c1)C(=O)Nc1ccc([N+](=O)[O-])cc1C. The molecule has 182 valence electrons. The van der Waals surface area contributed by atoms with Crippen LogP contribution in [0.1, 0.15) is 18.9 Å². The zero-order valence-electron chi connectivity index (χ0n) is 19.5. The molecule has 0 aliphatic heterocycles. The molecule has 0 spiro atoms. The number of ether oxygens (including phenoxy) is 1. The van der Waals surface area contributed by atoms with Gasteiger partial charge in [-0.1, -0.05) is 25.1 Å². The summed E-state index contributed by atoms with van der Waals surface area (Å²) in [5.74, 6) is 0.516. The Labute approximate surface area is 213 Å². The zero-order chi connectivity index (χ0) is 25.4. The largest absolute Gasteiger partial charge is 0.495 e. The van der Waals surface area contributed by atoms with E-state index in [2.05, 4.69) is 16.0 Å². The molecule has 0 fully saturated rings. The fourth-order valence-corrected chi connectivity index (χ4v) is 4.52. The Bertz CT molecular complexity index is 1240. The molecule has 0 saturated carbocycles. The number of benzene rings is 3. The Kier molecular flexibility index (Phi) is 9.04. The van der Waals surface area contributed by atoms with E-state index in [1.54, 1.807) is 20.1 Å². The number of carbonyl (C=O) groups excluding carboxylic acids is 1. The summed E-state index contributed by atoms with van der Waals surface area (Å²) in [4.78, 5) is 24.3. The Hall–Kier alpha value is -3.63. The molecule has 3 aromatic rings. The molecule has 8 nitrogen and oxygen atoms in total. The van der Waals surface area contributed by atoms with Gasteiger partial charge in [0.05, 0.1) is 23.0 Å². The number of hydrogen-bond donors (Lipinski definition) is 3. The molecule has 0 bridgehead atoms. The summed E-state index contributed by atoms with van der Waals surface area (Å²) in [6.45, 7) is 3.67. The van der Waals surface area contributed by atoms with Crippen LogP contribution < -0.4 is 20.7 Å². The van der Waals surface area contributed by atoms with Crippen molar-refractivity contribution in [2.45, 2.75) is 30.4 Å². The predicted molar refractivity (Wildman–Crippen MR) is 146 cm³/mol. The van der Waals surface area contributed by atoms with Gasteiger partial charge in [0, 0.05) is 28.4 Å². The molecule has 35 heavy (non-hydrogen) atoms. The first-order valence-corrected chi connectivity index (χ1v) is 12.1. The second kappa shape index (κ2) is 12.2. The summed E-state index contributed by atoms with van der Waals surface area (Å²) in [6.07, 6.45) is 0.605. The summed E-state index contributed by atoms with van der Waals surface area (Å²) in [5.41, 5.74) is 2.72. The number of nitrogens with zero attached hydrogens (tertiary/aromatic N) is 1. The summed E-state index contributed by atoms with van der Waals surface area (Å²) in [7, 11) is 1.60. The maximum Gasteiger partial charge on any atom is 0.269 e. The van der Waals surface area contributed by atoms with E-state index < -0.39 is 4.92 Å². The lowest BCUT2D eigenvalue weighted by atomic mass is 10.1. The van der Waals surface area contributed by atoms with Gasteiger partial charge in [0.25, 0.3) is 5.69 Å². The first-order chi connectivity index (χ1) is 16.8. The van der Waals surface area contributed by atoms with E-state index in [9.17, 15) is 14.9 Å². The molecular weight excluding hydrogens is 484 g/mol. The van der Waals surface area contributed by atoms with E-state index in [1.807, 2.05) is 55.5 Å². The van der Waals surface area contributed by atoms with Crippen LogP contribution in [-0.2, 0) is 4.79 Å². The molecule has 0 heterocycles. The second-order valence-electron chi connectivity index (χ2n) is 7.57. The van der Waals surface area contributed by atoms with Crippen molar-refractivity contribution in [1.82, 2.24) is 0 Å². The number of aryl methyl sites for hydroxylation is 1. The third-order valence-electron chi connectivity index (χ3n) is 5.07. The Morgan fingerprint density at radius 2 is 1.83 bits per heavy atom. The predicted octanol–water partition coefficient (Wildman–Crippen LogP) is 6.23. The third kappa shape index (κ3) is 7.17. The molecule has 0 saturated heterocycles. The zero-order valence-corrected chi connectivity index (χ0v) is 21.2. The number of carbonyl (C=O) groups is 1. The number of nitro groups is 1. The van der Waals surface area contributed by atoms with E-state index >= 15 is 0 Å². The van der Waals surface area contributed by atoms with Crippen molar-refractivity contribution in [3.63, 3.8) is 0 Å². The van der Waals surface area contributed by atoms with E-state index in [0.717, 1.165) is 16.3 Å². The van der Waals surface area contributed by atoms with Crippen molar-refractivity contribution in [2.75, 3.05) is 23.1 Å². The Morgan fingerprint density at radius 1 is 1.06 bits per heavy atom. The number of thiocarbonyl (C=S) groups is 1. The van der Waals surface area contributed by atoms with Gasteiger partial charge < -0.3 is 20.7 Å². The molecular formula is C25H26N4O4S2. The van der Waals surface area contributed by atoms with Crippen LogP contribution in [-0.4, -0.2) is 28.3 Å². The van der Waals surface area contributed by atoms with E-state index in [1.165, 1.54) is 23.9 Å². The molecule has 10 heteroatoms. The summed E-state index contributed by atoms with van der Waals surface area (Å²) in [6, 6.07) is 19.5. The summed E-state index contributed by atoms with van der Waals surface area (Å²) < 4.78 is 5.34. The van der Waals surface area contributed by atoms with Gasteiger partial charge >= 0.3 is 0 Å². The molecule has 1 atom stereocenters. The maximum absolute atomic E-state index is 12.9. The first-order valence-electron chi connectivity index (χ1n) is 10.8. The van der Waals surface area contributed by atoms with Gasteiger partial charge in [-0.15, -0.1) is 11.8 Å². The van der Waals surface area contributed by atoms with Gasteiger partial charge in [-0.2, -0.15) is 0 Å². The Morgan fingerprint density at radius 3 is 2.51 bits per heavy atom. The van der Waals surface area contributed by atoms with Gasteiger partial charge in [0.2, 0.25) is 5.91 Å². The van der Waals surface area contributed by atoms with Crippen molar-refractivity contribution in [3.05, 3.63) is 82.4 Å². The second-order valence-corrected chi connectivity index (χ2v) is 9.25. The third-order valence-corrected chi connectivity index (χ3v) is 6.63. The normalized spacial score (nSPS) is 11.3. The summed E-state index contributed by atoms with van der Waals surface area (Å²) >= 11 is 6.88. The molecule has 0 aromatic heterocycles. The molecule has 3 rings (SSSR count). The molecule has 0 aliphatic carbocycles. The molecule has 3 N–H and O–H groups in total. The smallest absolute Gasteiger partial charge is 0.269 e.